The first kappa shape index (κ1) is 22.2. The summed E-state index contributed by atoms with van der Waals surface area (Å²) in [6.07, 6.45) is 4.39. The number of halogens is 1. The van der Waals surface area contributed by atoms with Gasteiger partial charge in [0.05, 0.1) is 17.0 Å². The van der Waals surface area contributed by atoms with E-state index < -0.39 is 0 Å². The van der Waals surface area contributed by atoms with Crippen LogP contribution in [0.4, 0.5) is 4.39 Å². The molecule has 3 aromatic rings. The number of carbonyl (C=O) groups excluding carboxylic acids is 1. The molecule has 2 atom stereocenters. The molecule has 0 spiro atoms. The summed E-state index contributed by atoms with van der Waals surface area (Å²) in [5.41, 5.74) is 2.27. The summed E-state index contributed by atoms with van der Waals surface area (Å²) in [5.74, 6) is -0.140. The number of aromatic nitrogens is 2. The number of hydrogen-bond donors (Lipinski definition) is 1. The summed E-state index contributed by atoms with van der Waals surface area (Å²) in [7, 11) is 0. The highest BCUT2D eigenvalue weighted by atomic mass is 32.2. The maximum Gasteiger partial charge on any atom is 0.263 e. The second-order valence-electron chi connectivity index (χ2n) is 8.33. The molecule has 1 amide bonds. The molecular weight excluding hydrogens is 457 g/mol. The van der Waals surface area contributed by atoms with Crippen LogP contribution in [0.15, 0.2) is 69.6 Å². The van der Waals surface area contributed by atoms with Crippen molar-refractivity contribution in [1.82, 2.24) is 14.9 Å². The molecule has 0 saturated heterocycles. The molecule has 1 aliphatic heterocycles. The van der Waals surface area contributed by atoms with Gasteiger partial charge in [0.2, 0.25) is 5.91 Å². The number of hydrogen-bond acceptors (Lipinski definition) is 5. The van der Waals surface area contributed by atoms with Gasteiger partial charge in [-0.15, -0.1) is 11.8 Å². The normalized spacial score (nSPS) is 19.1. The van der Waals surface area contributed by atoms with Crippen LogP contribution in [-0.2, 0) is 11.3 Å². The van der Waals surface area contributed by atoms with Gasteiger partial charge in [-0.25, -0.2) is 9.37 Å². The molecule has 33 heavy (non-hydrogen) atoms. The highest BCUT2D eigenvalue weighted by molar-refractivity contribution is 8.00. The molecular formula is C25H24FN3O2S2. The smallest absolute Gasteiger partial charge is 0.263 e. The van der Waals surface area contributed by atoms with Gasteiger partial charge in [-0.1, -0.05) is 54.9 Å². The molecule has 2 aliphatic rings. The third-order valence-corrected chi connectivity index (χ3v) is 8.48. The van der Waals surface area contributed by atoms with Crippen LogP contribution in [0.1, 0.15) is 42.7 Å². The molecule has 5 rings (SSSR count). The Balaban J connectivity index is 1.42. The Morgan fingerprint density at radius 3 is 2.67 bits per heavy atom. The van der Waals surface area contributed by atoms with Gasteiger partial charge < -0.3 is 5.32 Å². The molecule has 1 N–H and O–H groups in total. The summed E-state index contributed by atoms with van der Waals surface area (Å²) >= 11 is 2.93. The van der Waals surface area contributed by atoms with Gasteiger partial charge in [-0.05, 0) is 42.7 Å². The van der Waals surface area contributed by atoms with Crippen LogP contribution >= 0.6 is 23.5 Å². The molecule has 1 fully saturated rings. The van der Waals surface area contributed by atoms with Crippen molar-refractivity contribution in [3.05, 3.63) is 81.9 Å². The minimum Gasteiger partial charge on any atom is -0.351 e. The maximum atomic E-state index is 13.7. The molecule has 2 aromatic carbocycles. The lowest BCUT2D eigenvalue weighted by molar-refractivity contribution is -0.118. The zero-order valence-electron chi connectivity index (χ0n) is 18.0. The number of rotatable bonds is 6. The van der Waals surface area contributed by atoms with E-state index in [4.69, 9.17) is 4.98 Å². The van der Waals surface area contributed by atoms with Gasteiger partial charge >= 0.3 is 0 Å². The van der Waals surface area contributed by atoms with E-state index in [2.05, 4.69) is 5.32 Å². The van der Waals surface area contributed by atoms with Crippen molar-refractivity contribution in [1.29, 1.82) is 0 Å². The number of thioether (sulfide) groups is 2. The van der Waals surface area contributed by atoms with Crippen LogP contribution in [-0.4, -0.2) is 26.5 Å². The molecule has 0 bridgehead atoms. The number of nitrogens with one attached hydrogen (secondary N) is 1. The Morgan fingerprint density at radius 2 is 1.88 bits per heavy atom. The number of fused-ring (bicyclic) bond motifs is 3. The Bertz CT molecular complexity index is 1210. The molecule has 0 unspecified atom stereocenters. The first-order valence-corrected chi connectivity index (χ1v) is 13.0. The van der Waals surface area contributed by atoms with E-state index in [0.717, 1.165) is 35.4 Å². The maximum absolute atomic E-state index is 13.7. The number of amides is 1. The van der Waals surface area contributed by atoms with Crippen molar-refractivity contribution in [3.8, 4) is 5.69 Å². The van der Waals surface area contributed by atoms with Crippen molar-refractivity contribution in [2.24, 2.45) is 0 Å². The topological polar surface area (TPSA) is 64.0 Å². The van der Waals surface area contributed by atoms with Crippen LogP contribution in [0.3, 0.4) is 0 Å². The summed E-state index contributed by atoms with van der Waals surface area (Å²) in [5, 5.41) is 4.57. The summed E-state index contributed by atoms with van der Waals surface area (Å²) in [4.78, 5) is 31.0. The van der Waals surface area contributed by atoms with Crippen LogP contribution in [0.2, 0.25) is 0 Å². The fourth-order valence-corrected chi connectivity index (χ4v) is 6.91. The third-order valence-electron chi connectivity index (χ3n) is 6.14. The summed E-state index contributed by atoms with van der Waals surface area (Å²) < 4.78 is 15.1. The molecule has 8 heteroatoms. The van der Waals surface area contributed by atoms with Gasteiger partial charge in [0, 0.05) is 17.7 Å². The highest BCUT2D eigenvalue weighted by Gasteiger charge is 2.39. The van der Waals surface area contributed by atoms with E-state index in [0.29, 0.717) is 22.6 Å². The van der Waals surface area contributed by atoms with Crippen molar-refractivity contribution < 1.29 is 9.18 Å². The zero-order chi connectivity index (χ0) is 22.8. The van der Waals surface area contributed by atoms with Crippen LogP contribution in [0.25, 0.3) is 5.69 Å². The van der Waals surface area contributed by atoms with Gasteiger partial charge in [0.15, 0.2) is 5.16 Å². The molecule has 2 heterocycles. The average Bonchev–Trinajstić information content (AvgIpc) is 3.21. The number of nitrogens with zero attached hydrogens (tertiary/aromatic N) is 2. The fraction of sp³-hybridized carbons (Fsp3) is 0.320. The SMILES string of the molecule is O=C(CSc1nc2c(c(=O)n1-c1ccc(F)cc1)[C@@H]1CCCC[C@@H]1S2)NCc1ccccc1. The van der Waals surface area contributed by atoms with Gasteiger partial charge in [0.25, 0.3) is 5.56 Å². The fourth-order valence-electron chi connectivity index (χ4n) is 4.51. The van der Waals surface area contributed by atoms with Crippen molar-refractivity contribution >= 4 is 29.4 Å². The lowest BCUT2D eigenvalue weighted by atomic mass is 9.85. The minimum absolute atomic E-state index is 0.0966. The van der Waals surface area contributed by atoms with E-state index >= 15 is 0 Å². The van der Waals surface area contributed by atoms with E-state index in [1.165, 1.54) is 30.3 Å². The molecule has 1 aliphatic carbocycles. The van der Waals surface area contributed by atoms with Gasteiger partial charge in [-0.2, -0.15) is 0 Å². The summed E-state index contributed by atoms with van der Waals surface area (Å²) in [6.45, 7) is 0.446. The average molecular weight is 482 g/mol. The Labute approximate surface area is 200 Å². The quantitative estimate of drug-likeness (QED) is 0.308. The Morgan fingerprint density at radius 1 is 1.12 bits per heavy atom. The first-order valence-electron chi connectivity index (χ1n) is 11.1. The van der Waals surface area contributed by atoms with E-state index in [-0.39, 0.29) is 29.0 Å². The van der Waals surface area contributed by atoms with Crippen LogP contribution < -0.4 is 10.9 Å². The molecule has 170 valence electrons. The zero-order valence-corrected chi connectivity index (χ0v) is 19.6. The van der Waals surface area contributed by atoms with Crippen LogP contribution in [0.5, 0.6) is 0 Å². The lowest BCUT2D eigenvalue weighted by Crippen LogP contribution is -2.29. The first-order chi connectivity index (χ1) is 16.1. The van der Waals surface area contributed by atoms with E-state index in [1.54, 1.807) is 28.5 Å². The predicted molar refractivity (Wildman–Crippen MR) is 130 cm³/mol. The Kier molecular flexibility index (Phi) is 6.55. The number of carbonyl (C=O) groups is 1. The van der Waals surface area contributed by atoms with Crippen molar-refractivity contribution in [2.75, 3.05) is 5.75 Å². The molecule has 0 radical (unpaired) electrons. The third kappa shape index (κ3) is 4.73. The number of benzene rings is 2. The predicted octanol–water partition coefficient (Wildman–Crippen LogP) is 4.91. The van der Waals surface area contributed by atoms with Gasteiger partial charge in [0.1, 0.15) is 10.8 Å². The second kappa shape index (κ2) is 9.73. The standard InChI is InChI=1S/C25H24FN3O2S2/c26-17-10-12-18(13-11-17)29-24(31)22-19-8-4-5-9-20(19)33-23(22)28-25(29)32-15-21(30)27-14-16-6-2-1-3-7-16/h1-3,6-7,10-13,19-20H,4-5,8-9,14-15H2,(H,27,30)/t19-,20+/m1/s1. The molecule has 1 saturated carbocycles. The lowest BCUT2D eigenvalue weighted by Gasteiger charge is -2.24. The summed E-state index contributed by atoms with van der Waals surface area (Å²) in [6, 6.07) is 15.6. The minimum atomic E-state index is -0.363. The van der Waals surface area contributed by atoms with Gasteiger partial charge in [-0.3, -0.25) is 14.2 Å². The largest absolute Gasteiger partial charge is 0.351 e. The van der Waals surface area contributed by atoms with Crippen molar-refractivity contribution in [3.63, 3.8) is 0 Å². The molecule has 1 aromatic heterocycles. The Hall–Kier alpha value is -2.58. The van der Waals surface area contributed by atoms with Crippen molar-refractivity contribution in [2.45, 2.75) is 53.6 Å². The molecule has 5 nitrogen and oxygen atoms in total. The second-order valence-corrected chi connectivity index (χ2v) is 10.5. The highest BCUT2D eigenvalue weighted by Crippen LogP contribution is 2.50. The monoisotopic (exact) mass is 481 g/mol. The van der Waals surface area contributed by atoms with E-state index in [1.807, 2.05) is 30.3 Å². The van der Waals surface area contributed by atoms with E-state index in [9.17, 15) is 14.0 Å². The van der Waals surface area contributed by atoms with Crippen LogP contribution in [0, 0.1) is 5.82 Å².